The van der Waals surface area contributed by atoms with E-state index in [9.17, 15) is 0 Å². The van der Waals surface area contributed by atoms with Crippen molar-refractivity contribution >= 4 is 0 Å². The van der Waals surface area contributed by atoms with Gasteiger partial charge in [0.05, 0.1) is 12.2 Å². The van der Waals surface area contributed by atoms with Crippen LogP contribution in [0.1, 0.15) is 25.7 Å². The van der Waals surface area contributed by atoms with Gasteiger partial charge in [0, 0.05) is 0 Å². The third-order valence-corrected chi connectivity index (χ3v) is 1.69. The Labute approximate surface area is 90.0 Å². The maximum atomic E-state index is 8.93. The summed E-state index contributed by atoms with van der Waals surface area (Å²) in [7, 11) is 0. The van der Waals surface area contributed by atoms with E-state index in [1.165, 1.54) is 0 Å². The van der Waals surface area contributed by atoms with Crippen molar-refractivity contribution in [1.82, 2.24) is 0 Å². The van der Waals surface area contributed by atoms with Crippen LogP contribution >= 0.6 is 0 Å². The molecule has 0 saturated heterocycles. The summed E-state index contributed by atoms with van der Waals surface area (Å²) in [6.07, 6.45) is 2.81. The van der Waals surface area contributed by atoms with Gasteiger partial charge in [0.25, 0.3) is 10.2 Å². The largest absolute Gasteiger partial charge is 0.390 e. The van der Waals surface area contributed by atoms with Gasteiger partial charge < -0.3 is 20.6 Å². The molecule has 10 heteroatoms. The minimum absolute atomic E-state index is 0.441. The van der Waals surface area contributed by atoms with E-state index in [2.05, 4.69) is 0 Å². The minimum Gasteiger partial charge on any atom is -0.390 e. The van der Waals surface area contributed by atoms with Gasteiger partial charge in [0.2, 0.25) is 0 Å². The summed E-state index contributed by atoms with van der Waals surface area (Å²) >= 11 is 0. The van der Waals surface area contributed by atoms with Crippen LogP contribution in [0.25, 0.3) is 0 Å². The van der Waals surface area contributed by atoms with Crippen molar-refractivity contribution in [2.75, 3.05) is 0 Å². The van der Waals surface area contributed by atoms with E-state index >= 15 is 0 Å². The molecule has 1 aliphatic rings. The van der Waals surface area contributed by atoms with E-state index in [1.54, 1.807) is 0 Å². The van der Waals surface area contributed by atoms with E-state index in [0.29, 0.717) is 0 Å². The smallest absolute Gasteiger partial charge is 0.291 e. The molecule has 1 rings (SSSR count). The second-order valence-electron chi connectivity index (χ2n) is 2.89. The van der Waals surface area contributed by atoms with Gasteiger partial charge in [-0.2, -0.15) is 0 Å². The summed E-state index contributed by atoms with van der Waals surface area (Å²) in [5.74, 6) is 0. The van der Waals surface area contributed by atoms with Crippen molar-refractivity contribution in [3.8, 4) is 0 Å². The van der Waals surface area contributed by atoms with Crippen molar-refractivity contribution in [2.45, 2.75) is 37.9 Å². The Hall–Kier alpha value is -1.68. The van der Waals surface area contributed by atoms with E-state index in [-0.39, 0.29) is 0 Å². The Kier molecular flexibility index (Phi) is 10.3. The van der Waals surface area contributed by atoms with Gasteiger partial charge in [-0.1, -0.05) is 12.8 Å². The number of hydrogen-bond donors (Lipinski definition) is 4. The minimum atomic E-state index is -1.50. The summed E-state index contributed by atoms with van der Waals surface area (Å²) < 4.78 is 0. The Balaban J connectivity index is 0. The molecule has 96 valence electrons. The van der Waals surface area contributed by atoms with Crippen molar-refractivity contribution in [3.63, 3.8) is 0 Å². The number of aliphatic hydroxyl groups is 2. The predicted molar refractivity (Wildman–Crippen MR) is 48.0 cm³/mol. The Morgan fingerprint density at radius 3 is 1.19 bits per heavy atom. The Morgan fingerprint density at radius 2 is 1.06 bits per heavy atom. The Bertz CT molecular complexity index is 181. The van der Waals surface area contributed by atoms with Crippen LogP contribution in [0.2, 0.25) is 0 Å². The predicted octanol–water partition coefficient (Wildman–Crippen LogP) is -0.413. The summed E-state index contributed by atoms with van der Waals surface area (Å²) in [6, 6.07) is 0. The molecule has 0 amide bonds. The summed E-state index contributed by atoms with van der Waals surface area (Å²) in [4.78, 5) is 16.7. The molecule has 16 heavy (non-hydrogen) atoms. The second-order valence-corrected chi connectivity index (χ2v) is 2.89. The van der Waals surface area contributed by atoms with Crippen LogP contribution < -0.4 is 0 Å². The SMILES string of the molecule is O=[N+]([O-])O.O=[N+]([O-])O.OC1CCCCC1O. The third-order valence-electron chi connectivity index (χ3n) is 1.69. The highest BCUT2D eigenvalue weighted by Gasteiger charge is 2.19. The first kappa shape index (κ1) is 16.7. The topological polar surface area (TPSA) is 167 Å². The average Bonchev–Trinajstić information content (AvgIpc) is 2.08. The fraction of sp³-hybridized carbons (Fsp3) is 1.00. The van der Waals surface area contributed by atoms with Gasteiger partial charge in [-0.15, -0.1) is 20.2 Å². The molecule has 0 aromatic heterocycles. The molecular formula is C6H14N2O8. The normalized spacial score (nSPS) is 22.9. The van der Waals surface area contributed by atoms with Crippen LogP contribution in [0.3, 0.4) is 0 Å². The zero-order chi connectivity index (χ0) is 13.1. The molecule has 0 heterocycles. The summed E-state index contributed by atoms with van der Waals surface area (Å²) in [6.45, 7) is 0. The van der Waals surface area contributed by atoms with Crippen molar-refractivity contribution in [1.29, 1.82) is 0 Å². The fourth-order valence-corrected chi connectivity index (χ4v) is 1.09. The van der Waals surface area contributed by atoms with Gasteiger partial charge in [-0.25, -0.2) is 0 Å². The maximum Gasteiger partial charge on any atom is 0.291 e. The lowest BCUT2D eigenvalue weighted by molar-refractivity contribution is -0.742. The number of aliphatic hydroxyl groups excluding tert-OH is 2. The van der Waals surface area contributed by atoms with Crippen LogP contribution in [-0.2, 0) is 0 Å². The molecule has 0 aliphatic heterocycles. The van der Waals surface area contributed by atoms with Gasteiger partial charge >= 0.3 is 0 Å². The fourth-order valence-electron chi connectivity index (χ4n) is 1.09. The van der Waals surface area contributed by atoms with Crippen LogP contribution in [0, 0.1) is 20.2 Å². The number of hydrogen-bond acceptors (Lipinski definition) is 6. The van der Waals surface area contributed by atoms with E-state index in [4.69, 9.17) is 40.9 Å². The molecule has 0 aromatic rings. The van der Waals surface area contributed by atoms with Gasteiger partial charge in [-0.3, -0.25) is 0 Å². The molecule has 4 N–H and O–H groups in total. The molecule has 1 saturated carbocycles. The van der Waals surface area contributed by atoms with Crippen LogP contribution in [-0.4, -0.2) is 43.0 Å². The lowest BCUT2D eigenvalue weighted by Gasteiger charge is -2.22. The maximum absolute atomic E-state index is 8.93. The van der Waals surface area contributed by atoms with Gasteiger partial charge in [-0.05, 0) is 12.8 Å². The van der Waals surface area contributed by atoms with Crippen LogP contribution in [0.4, 0.5) is 0 Å². The first-order valence-electron chi connectivity index (χ1n) is 4.30. The highest BCUT2D eigenvalue weighted by Crippen LogP contribution is 2.17. The second kappa shape index (κ2) is 9.86. The first-order chi connectivity index (χ1) is 7.27. The lowest BCUT2D eigenvalue weighted by atomic mass is 9.95. The quantitative estimate of drug-likeness (QED) is 0.328. The summed E-state index contributed by atoms with van der Waals surface area (Å²) in [5, 5.41) is 45.1. The van der Waals surface area contributed by atoms with Crippen LogP contribution in [0.15, 0.2) is 0 Å². The zero-order valence-electron chi connectivity index (χ0n) is 8.30. The molecule has 0 radical (unpaired) electrons. The van der Waals surface area contributed by atoms with Gasteiger partial charge in [0.1, 0.15) is 0 Å². The Morgan fingerprint density at radius 1 is 0.875 bits per heavy atom. The monoisotopic (exact) mass is 242 g/mol. The summed E-state index contributed by atoms with van der Waals surface area (Å²) in [5.41, 5.74) is 0. The molecule has 1 aliphatic carbocycles. The lowest BCUT2D eigenvalue weighted by Crippen LogP contribution is -2.28. The standard InChI is InChI=1S/C6H12O2.2HNO3/c7-5-3-1-2-4-6(5)8;2*2-1(3)4/h5-8H,1-4H2;2*(H,2,3,4). The molecule has 2 unspecified atom stereocenters. The van der Waals surface area contributed by atoms with E-state index in [1.807, 2.05) is 0 Å². The number of rotatable bonds is 0. The molecule has 10 nitrogen and oxygen atoms in total. The molecule has 0 bridgehead atoms. The molecular weight excluding hydrogens is 228 g/mol. The first-order valence-corrected chi connectivity index (χ1v) is 4.30. The molecule has 0 spiro atoms. The van der Waals surface area contributed by atoms with Gasteiger partial charge in [0.15, 0.2) is 0 Å². The van der Waals surface area contributed by atoms with Crippen molar-refractivity contribution < 1.29 is 30.8 Å². The van der Waals surface area contributed by atoms with Crippen molar-refractivity contribution in [2.24, 2.45) is 0 Å². The zero-order valence-corrected chi connectivity index (χ0v) is 8.30. The highest BCUT2D eigenvalue weighted by molar-refractivity contribution is 4.72. The van der Waals surface area contributed by atoms with Crippen molar-refractivity contribution in [3.05, 3.63) is 20.2 Å². The molecule has 2 atom stereocenters. The molecule has 0 aromatic carbocycles. The third kappa shape index (κ3) is 18.2. The van der Waals surface area contributed by atoms with E-state index in [0.717, 1.165) is 25.7 Å². The molecule has 1 fully saturated rings. The van der Waals surface area contributed by atoms with E-state index < -0.39 is 22.4 Å². The van der Waals surface area contributed by atoms with Crippen LogP contribution in [0.5, 0.6) is 0 Å². The average molecular weight is 242 g/mol. The number of nitrogens with zero attached hydrogens (tertiary/aromatic N) is 2. The highest BCUT2D eigenvalue weighted by atomic mass is 16.9.